The molecule has 0 atom stereocenters. The molecule has 0 unspecified atom stereocenters. The van der Waals surface area contributed by atoms with Crippen molar-refractivity contribution in [1.82, 2.24) is 0 Å². The normalized spacial score (nSPS) is 2.25. The molecule has 0 amide bonds. The molecular formula is CHHgKN. The number of hydrogen-bond donors (Lipinski definition) is 0. The molecule has 0 aromatic carbocycles. The molecule has 1 nitrogen and oxygen atoms in total. The van der Waals surface area contributed by atoms with Crippen molar-refractivity contribution in [2.24, 2.45) is 0 Å². The van der Waals surface area contributed by atoms with Gasteiger partial charge in [-0.1, -0.05) is 0 Å². The molecule has 0 aliphatic carbocycles. The van der Waals surface area contributed by atoms with E-state index in [0.717, 1.165) is 0 Å². The second kappa shape index (κ2) is 8.91. The van der Waals surface area contributed by atoms with Gasteiger partial charge in [0.1, 0.15) is 0 Å². The molecule has 0 aliphatic rings. The fourth-order valence-corrected chi connectivity index (χ4v) is 0. The molecule has 0 radical (unpaired) electrons. The van der Waals surface area contributed by atoms with Crippen LogP contribution in [0.15, 0.2) is 0 Å². The third kappa shape index (κ3) is 8.96. The van der Waals surface area contributed by atoms with E-state index in [9.17, 15) is 0 Å². The molecule has 0 aromatic heterocycles. The van der Waals surface area contributed by atoms with Gasteiger partial charge in [0, 0.05) is 0 Å². The van der Waals surface area contributed by atoms with E-state index in [1.807, 2.05) is 3.58 Å². The fourth-order valence-electron chi connectivity index (χ4n) is 0. The van der Waals surface area contributed by atoms with E-state index in [1.54, 1.807) is 0 Å². The van der Waals surface area contributed by atoms with Crippen LogP contribution in [0.4, 0.5) is 0 Å². The van der Waals surface area contributed by atoms with Crippen molar-refractivity contribution >= 4 is 51.4 Å². The van der Waals surface area contributed by atoms with E-state index in [1.165, 1.54) is 0 Å². The van der Waals surface area contributed by atoms with Gasteiger partial charge in [-0.15, -0.1) is 0 Å². The minimum absolute atomic E-state index is 0. The van der Waals surface area contributed by atoms with Gasteiger partial charge in [-0.3, -0.25) is 0 Å². The Kier molecular flexibility index (Phi) is 21.0. The predicted octanol–water partition coefficient (Wildman–Crippen LogP) is -0.634. The van der Waals surface area contributed by atoms with Gasteiger partial charge in [0.25, 0.3) is 0 Å². The molecule has 3 heteroatoms. The van der Waals surface area contributed by atoms with Gasteiger partial charge >= 0.3 is 86.3 Å². The molecule has 0 aliphatic heterocycles. The first-order valence-electron chi connectivity index (χ1n) is 0.577. The van der Waals surface area contributed by atoms with Crippen molar-refractivity contribution in [1.29, 1.82) is 5.26 Å². The van der Waals surface area contributed by atoms with Crippen molar-refractivity contribution in [2.45, 2.75) is 0 Å². The Morgan fingerprint density at radius 1 is 1.75 bits per heavy atom. The zero-order valence-electron chi connectivity index (χ0n) is 1.65. The van der Waals surface area contributed by atoms with Crippen LogP contribution in [0.5, 0.6) is 0 Å². The number of nitriles is 1. The van der Waals surface area contributed by atoms with E-state index >= 15 is 0 Å². The number of hydrogen-bond acceptors (Lipinski definition) is 1. The van der Waals surface area contributed by atoms with E-state index in [-0.39, 0.29) is 51.4 Å². The van der Waals surface area contributed by atoms with Gasteiger partial charge in [0.2, 0.25) is 0 Å². The second-order valence-electron chi connectivity index (χ2n) is 0.158. The third-order valence-electron chi connectivity index (χ3n) is 0. The Labute approximate surface area is 84.1 Å². The van der Waals surface area contributed by atoms with Gasteiger partial charge in [-0.2, -0.15) is 0 Å². The molecule has 0 fully saturated rings. The molecule has 0 N–H and O–H groups in total. The first kappa shape index (κ1) is 9.41. The Hall–Kier alpha value is 2.06. The zero-order valence-corrected chi connectivity index (χ0v) is 7.15. The molecule has 0 saturated carbocycles. The molecule has 0 aromatic rings. The molecule has 0 spiro atoms. The summed E-state index contributed by atoms with van der Waals surface area (Å²) >= 11 is 0.372. The standard InChI is InChI=1S/CN.Hg.K.H/c1-2;;;. The summed E-state index contributed by atoms with van der Waals surface area (Å²) in [6.07, 6.45) is 0. The molecule has 0 rings (SSSR count). The van der Waals surface area contributed by atoms with Crippen LogP contribution in [0.25, 0.3) is 0 Å². The summed E-state index contributed by atoms with van der Waals surface area (Å²) in [5.41, 5.74) is 0. The van der Waals surface area contributed by atoms with Crippen molar-refractivity contribution in [3.05, 3.63) is 0 Å². The van der Waals surface area contributed by atoms with Crippen LogP contribution in [0, 0.1) is 8.84 Å². The number of rotatable bonds is 0. The summed E-state index contributed by atoms with van der Waals surface area (Å²) in [6, 6.07) is 0. The van der Waals surface area contributed by atoms with Crippen LogP contribution < -0.4 is 0 Å². The van der Waals surface area contributed by atoms with Crippen LogP contribution in [-0.4, -0.2) is 51.4 Å². The molecular weight excluding hydrogens is 266 g/mol. The van der Waals surface area contributed by atoms with Crippen molar-refractivity contribution in [3.8, 4) is 3.58 Å². The van der Waals surface area contributed by atoms with Gasteiger partial charge in [0.15, 0.2) is 0 Å². The summed E-state index contributed by atoms with van der Waals surface area (Å²) in [5, 5.41) is 7.41. The summed E-state index contributed by atoms with van der Waals surface area (Å²) in [5.74, 6) is 0. The van der Waals surface area contributed by atoms with Crippen LogP contribution in [0.2, 0.25) is 0 Å². The van der Waals surface area contributed by atoms with E-state index in [0.29, 0.717) is 26.1 Å². The molecule has 0 saturated heterocycles. The maximum atomic E-state index is 7.41. The van der Waals surface area contributed by atoms with Crippen LogP contribution in [-0.2, 0) is 26.1 Å². The Morgan fingerprint density at radius 3 is 1.75 bits per heavy atom. The van der Waals surface area contributed by atoms with Crippen LogP contribution >= 0.6 is 0 Å². The summed E-state index contributed by atoms with van der Waals surface area (Å²) in [4.78, 5) is 0. The van der Waals surface area contributed by atoms with E-state index in [4.69, 9.17) is 5.26 Å². The fraction of sp³-hybridized carbons (Fsp3) is 0. The quantitative estimate of drug-likeness (QED) is 0.536. The zero-order chi connectivity index (χ0) is 2.71. The van der Waals surface area contributed by atoms with E-state index < -0.39 is 0 Å². The predicted molar refractivity (Wildman–Crippen MR) is 12.8 cm³/mol. The summed E-state index contributed by atoms with van der Waals surface area (Å²) in [7, 11) is 0. The Balaban J connectivity index is 0. The summed E-state index contributed by atoms with van der Waals surface area (Å²) in [6.45, 7) is 0. The van der Waals surface area contributed by atoms with Crippen LogP contribution in [0.3, 0.4) is 0 Å². The minimum atomic E-state index is 0. The van der Waals surface area contributed by atoms with Crippen molar-refractivity contribution in [3.63, 3.8) is 0 Å². The molecule has 0 bridgehead atoms. The Morgan fingerprint density at radius 2 is 1.75 bits per heavy atom. The monoisotopic (exact) mass is 268 g/mol. The SMILES string of the molecule is N#[C][Hg].[KH]. The van der Waals surface area contributed by atoms with Crippen molar-refractivity contribution in [2.75, 3.05) is 0 Å². The van der Waals surface area contributed by atoms with Gasteiger partial charge in [0.05, 0.1) is 0 Å². The van der Waals surface area contributed by atoms with Crippen molar-refractivity contribution < 1.29 is 26.1 Å². The summed E-state index contributed by atoms with van der Waals surface area (Å²) < 4.78 is 1.94. The third-order valence-corrected chi connectivity index (χ3v) is 0. The second-order valence-corrected chi connectivity index (χ2v) is 1.39. The Bertz CT molecular complexity index is 29.5. The van der Waals surface area contributed by atoms with Gasteiger partial charge in [-0.25, -0.2) is 0 Å². The molecule has 4 heavy (non-hydrogen) atoms. The number of nitrogens with zero attached hydrogens (tertiary/aromatic N) is 1. The average Bonchev–Trinajstić information content (AvgIpc) is 0.918. The first-order chi connectivity index (χ1) is 1.41. The maximum absolute atomic E-state index is 7.41. The first-order valence-corrected chi connectivity index (χ1v) is 3.33. The molecule has 0 heterocycles. The van der Waals surface area contributed by atoms with Gasteiger partial charge in [-0.05, 0) is 0 Å². The van der Waals surface area contributed by atoms with E-state index in [2.05, 4.69) is 0 Å². The molecule has 13 valence electrons. The average molecular weight is 267 g/mol. The van der Waals surface area contributed by atoms with Crippen LogP contribution in [0.1, 0.15) is 0 Å². The topological polar surface area (TPSA) is 23.8 Å². The van der Waals surface area contributed by atoms with Gasteiger partial charge < -0.3 is 0 Å².